The molecule has 0 amide bonds. The molecule has 0 bridgehead atoms. The van der Waals surface area contributed by atoms with Crippen LogP contribution < -0.4 is 5.32 Å². The van der Waals surface area contributed by atoms with E-state index in [1.807, 2.05) is 0 Å². The van der Waals surface area contributed by atoms with Crippen molar-refractivity contribution in [2.24, 2.45) is 5.92 Å². The second kappa shape index (κ2) is 4.50. The van der Waals surface area contributed by atoms with Gasteiger partial charge in [-0.2, -0.15) is 0 Å². The predicted octanol–water partition coefficient (Wildman–Crippen LogP) is 1.36. The van der Waals surface area contributed by atoms with Crippen LogP contribution in [0.15, 0.2) is 0 Å². The molecule has 0 aromatic carbocycles. The van der Waals surface area contributed by atoms with Gasteiger partial charge in [0.25, 0.3) is 0 Å². The molecule has 1 heterocycles. The molecule has 0 aliphatic carbocycles. The summed E-state index contributed by atoms with van der Waals surface area (Å²) in [4.78, 5) is 10.7. The van der Waals surface area contributed by atoms with Gasteiger partial charge in [0.1, 0.15) is 5.78 Å². The topological polar surface area (TPSA) is 29.1 Å². The Balaban J connectivity index is 2.09. The van der Waals surface area contributed by atoms with Crippen LogP contribution in [-0.4, -0.2) is 18.9 Å². The summed E-state index contributed by atoms with van der Waals surface area (Å²) in [5, 5.41) is 3.35. The number of Topliss-reactive ketones (excluding diaryl/α,β-unsaturated/α-hetero) is 1. The summed E-state index contributed by atoms with van der Waals surface area (Å²) < 4.78 is 0. The summed E-state index contributed by atoms with van der Waals surface area (Å²) in [5.41, 5.74) is 0. The van der Waals surface area contributed by atoms with E-state index in [9.17, 15) is 4.79 Å². The van der Waals surface area contributed by atoms with Crippen molar-refractivity contribution in [1.29, 1.82) is 0 Å². The molecule has 0 aromatic rings. The van der Waals surface area contributed by atoms with Gasteiger partial charge in [0.2, 0.25) is 0 Å². The van der Waals surface area contributed by atoms with Crippen LogP contribution in [0.4, 0.5) is 0 Å². The number of nitrogens with one attached hydrogen (secondary N) is 1. The Bertz CT molecular complexity index is 128. The Morgan fingerprint density at radius 1 is 1.64 bits per heavy atom. The fourth-order valence-electron chi connectivity index (χ4n) is 1.58. The highest BCUT2D eigenvalue weighted by atomic mass is 16.1. The van der Waals surface area contributed by atoms with Crippen molar-refractivity contribution in [3.8, 4) is 0 Å². The Kier molecular flexibility index (Phi) is 3.57. The van der Waals surface area contributed by atoms with E-state index in [-0.39, 0.29) is 0 Å². The summed E-state index contributed by atoms with van der Waals surface area (Å²) in [6.07, 6.45) is 4.44. The van der Waals surface area contributed by atoms with E-state index in [0.717, 1.165) is 31.8 Å². The fourth-order valence-corrected chi connectivity index (χ4v) is 1.58. The second-order valence-corrected chi connectivity index (χ2v) is 3.45. The SMILES string of the molecule is CC(=O)CCC1CCCNC1. The second-order valence-electron chi connectivity index (χ2n) is 3.45. The highest BCUT2D eigenvalue weighted by Gasteiger charge is 2.12. The van der Waals surface area contributed by atoms with Gasteiger partial charge >= 0.3 is 0 Å². The van der Waals surface area contributed by atoms with Gasteiger partial charge in [-0.05, 0) is 45.2 Å². The zero-order valence-electron chi connectivity index (χ0n) is 7.23. The Morgan fingerprint density at radius 3 is 3.00 bits per heavy atom. The van der Waals surface area contributed by atoms with Gasteiger partial charge < -0.3 is 10.1 Å². The molecule has 1 N–H and O–H groups in total. The molecule has 0 radical (unpaired) electrons. The molecule has 1 fully saturated rings. The summed E-state index contributed by atoms with van der Waals surface area (Å²) in [5.74, 6) is 1.09. The van der Waals surface area contributed by atoms with Crippen molar-refractivity contribution >= 4 is 5.78 Å². The molecule has 1 atom stereocenters. The number of hydrogen-bond acceptors (Lipinski definition) is 2. The van der Waals surface area contributed by atoms with E-state index in [1.54, 1.807) is 6.92 Å². The molecule has 64 valence electrons. The number of rotatable bonds is 3. The number of hydrogen-bond donors (Lipinski definition) is 1. The first kappa shape index (κ1) is 8.72. The molecule has 1 aliphatic heterocycles. The van der Waals surface area contributed by atoms with Crippen LogP contribution in [-0.2, 0) is 4.79 Å². The Morgan fingerprint density at radius 2 is 2.45 bits per heavy atom. The normalized spacial score (nSPS) is 25.0. The Labute approximate surface area is 68.4 Å². The fraction of sp³-hybridized carbons (Fsp3) is 0.889. The van der Waals surface area contributed by atoms with Crippen molar-refractivity contribution in [3.63, 3.8) is 0 Å². The van der Waals surface area contributed by atoms with Gasteiger partial charge in [0, 0.05) is 6.42 Å². The zero-order valence-corrected chi connectivity index (χ0v) is 7.23. The molecule has 2 heteroatoms. The molecule has 1 saturated heterocycles. The third-order valence-electron chi connectivity index (χ3n) is 2.30. The van der Waals surface area contributed by atoms with Crippen LogP contribution >= 0.6 is 0 Å². The summed E-state index contributed by atoms with van der Waals surface area (Å²) in [7, 11) is 0. The molecule has 0 aromatic heterocycles. The maximum atomic E-state index is 10.7. The minimum absolute atomic E-state index is 0.329. The van der Waals surface area contributed by atoms with Crippen LogP contribution in [0.5, 0.6) is 0 Å². The van der Waals surface area contributed by atoms with E-state index in [1.165, 1.54) is 12.8 Å². The molecule has 1 unspecified atom stereocenters. The molecular weight excluding hydrogens is 138 g/mol. The van der Waals surface area contributed by atoms with Gasteiger partial charge in [-0.1, -0.05) is 0 Å². The number of carbonyl (C=O) groups is 1. The van der Waals surface area contributed by atoms with Crippen LogP contribution in [0.25, 0.3) is 0 Å². The highest BCUT2D eigenvalue weighted by molar-refractivity contribution is 5.75. The van der Waals surface area contributed by atoms with Gasteiger partial charge in [0.05, 0.1) is 0 Å². The van der Waals surface area contributed by atoms with Gasteiger partial charge in [-0.15, -0.1) is 0 Å². The van der Waals surface area contributed by atoms with Crippen LogP contribution in [0.1, 0.15) is 32.6 Å². The first-order chi connectivity index (χ1) is 5.29. The summed E-state index contributed by atoms with van der Waals surface area (Å²) >= 11 is 0. The first-order valence-electron chi connectivity index (χ1n) is 4.49. The van der Waals surface area contributed by atoms with Crippen LogP contribution in [0, 0.1) is 5.92 Å². The minimum Gasteiger partial charge on any atom is -0.316 e. The average Bonchev–Trinajstić information content (AvgIpc) is 2.03. The van der Waals surface area contributed by atoms with Gasteiger partial charge in [0.15, 0.2) is 0 Å². The molecule has 1 rings (SSSR count). The summed E-state index contributed by atoms with van der Waals surface area (Å²) in [6, 6.07) is 0. The van der Waals surface area contributed by atoms with Crippen molar-refractivity contribution in [2.45, 2.75) is 32.6 Å². The third-order valence-corrected chi connectivity index (χ3v) is 2.30. The predicted molar refractivity (Wildman–Crippen MR) is 45.5 cm³/mol. The van der Waals surface area contributed by atoms with Gasteiger partial charge in [-0.3, -0.25) is 0 Å². The van der Waals surface area contributed by atoms with Crippen molar-refractivity contribution in [3.05, 3.63) is 0 Å². The lowest BCUT2D eigenvalue weighted by molar-refractivity contribution is -0.117. The average molecular weight is 155 g/mol. The number of carbonyl (C=O) groups excluding carboxylic acids is 1. The highest BCUT2D eigenvalue weighted by Crippen LogP contribution is 2.15. The van der Waals surface area contributed by atoms with Crippen LogP contribution in [0.2, 0.25) is 0 Å². The van der Waals surface area contributed by atoms with E-state index in [2.05, 4.69) is 5.32 Å². The molecule has 0 saturated carbocycles. The van der Waals surface area contributed by atoms with E-state index in [4.69, 9.17) is 0 Å². The molecule has 1 aliphatic rings. The van der Waals surface area contributed by atoms with Crippen molar-refractivity contribution in [1.82, 2.24) is 5.32 Å². The standard InChI is InChI=1S/C9H17NO/c1-8(11)4-5-9-3-2-6-10-7-9/h9-10H,2-7H2,1H3. The largest absolute Gasteiger partial charge is 0.316 e. The van der Waals surface area contributed by atoms with E-state index in [0.29, 0.717) is 5.78 Å². The van der Waals surface area contributed by atoms with Crippen molar-refractivity contribution < 1.29 is 4.79 Å². The third kappa shape index (κ3) is 3.51. The maximum Gasteiger partial charge on any atom is 0.129 e. The lowest BCUT2D eigenvalue weighted by Gasteiger charge is -2.21. The minimum atomic E-state index is 0.329. The van der Waals surface area contributed by atoms with Gasteiger partial charge in [-0.25, -0.2) is 0 Å². The molecule has 2 nitrogen and oxygen atoms in total. The maximum absolute atomic E-state index is 10.7. The van der Waals surface area contributed by atoms with E-state index >= 15 is 0 Å². The lowest BCUT2D eigenvalue weighted by atomic mass is 9.94. The molecular formula is C9H17NO. The number of piperidine rings is 1. The summed E-state index contributed by atoms with van der Waals surface area (Å²) in [6.45, 7) is 3.96. The van der Waals surface area contributed by atoms with E-state index < -0.39 is 0 Å². The zero-order chi connectivity index (χ0) is 8.10. The smallest absolute Gasteiger partial charge is 0.129 e. The monoisotopic (exact) mass is 155 g/mol. The molecule has 0 spiro atoms. The van der Waals surface area contributed by atoms with Crippen LogP contribution in [0.3, 0.4) is 0 Å². The lowest BCUT2D eigenvalue weighted by Crippen LogP contribution is -2.29. The first-order valence-corrected chi connectivity index (χ1v) is 4.49. The molecule has 11 heavy (non-hydrogen) atoms. The van der Waals surface area contributed by atoms with Crippen molar-refractivity contribution in [2.75, 3.05) is 13.1 Å². The Hall–Kier alpha value is -0.370. The quantitative estimate of drug-likeness (QED) is 0.666. The number of ketones is 1.